The minimum atomic E-state index is -3.25. The molecule has 1 aliphatic carbocycles. The standard InChI is InChI=1S/C23H27FN2O3S/c1-30(28,29)25-18-8-5-12-26(13-11-18)23(27)22-15-21(22)20-14-17(24)9-10-19(20)16-6-3-2-4-7-16/h2-4,6-7,9-10,14,18,21-22,25H,5,8,11-13,15H2,1H3/t18-,21+,22-/m1/s1. The molecule has 0 spiro atoms. The fraction of sp³-hybridized carbons (Fsp3) is 0.435. The van der Waals surface area contributed by atoms with Gasteiger partial charge in [-0.1, -0.05) is 36.4 Å². The van der Waals surface area contributed by atoms with E-state index in [9.17, 15) is 17.6 Å². The molecule has 3 atom stereocenters. The van der Waals surface area contributed by atoms with E-state index in [-0.39, 0.29) is 29.6 Å². The van der Waals surface area contributed by atoms with E-state index in [1.165, 1.54) is 12.3 Å². The average molecular weight is 431 g/mol. The Morgan fingerprint density at radius 3 is 2.60 bits per heavy atom. The number of rotatable bonds is 5. The van der Waals surface area contributed by atoms with E-state index < -0.39 is 10.0 Å². The number of halogens is 1. The van der Waals surface area contributed by atoms with Gasteiger partial charge in [0, 0.05) is 25.0 Å². The zero-order chi connectivity index (χ0) is 21.3. The molecule has 0 bridgehead atoms. The highest BCUT2D eigenvalue weighted by Crippen LogP contribution is 2.51. The molecule has 1 amide bonds. The lowest BCUT2D eigenvalue weighted by atomic mass is 9.95. The van der Waals surface area contributed by atoms with Crippen LogP contribution in [0.5, 0.6) is 0 Å². The zero-order valence-corrected chi connectivity index (χ0v) is 17.9. The lowest BCUT2D eigenvalue weighted by Gasteiger charge is -2.21. The molecule has 1 aliphatic heterocycles. The highest BCUT2D eigenvalue weighted by molar-refractivity contribution is 7.88. The predicted octanol–water partition coefficient (Wildman–Crippen LogP) is 3.53. The summed E-state index contributed by atoms with van der Waals surface area (Å²) in [4.78, 5) is 15.0. The molecule has 2 aliphatic rings. The van der Waals surface area contributed by atoms with E-state index in [1.807, 2.05) is 35.2 Å². The van der Waals surface area contributed by atoms with Crippen LogP contribution in [0.4, 0.5) is 4.39 Å². The number of benzene rings is 2. The first-order valence-corrected chi connectivity index (χ1v) is 12.3. The van der Waals surface area contributed by atoms with Crippen molar-refractivity contribution < 1.29 is 17.6 Å². The maximum atomic E-state index is 14.0. The van der Waals surface area contributed by atoms with Crippen LogP contribution in [-0.2, 0) is 14.8 Å². The third-order valence-electron chi connectivity index (χ3n) is 6.03. The quantitative estimate of drug-likeness (QED) is 0.789. The summed E-state index contributed by atoms with van der Waals surface area (Å²) < 4.78 is 39.7. The summed E-state index contributed by atoms with van der Waals surface area (Å²) >= 11 is 0. The number of sulfonamides is 1. The van der Waals surface area contributed by atoms with Gasteiger partial charge in [0.1, 0.15) is 5.82 Å². The largest absolute Gasteiger partial charge is 0.342 e. The van der Waals surface area contributed by atoms with Crippen molar-refractivity contribution in [3.63, 3.8) is 0 Å². The number of carbonyl (C=O) groups is 1. The van der Waals surface area contributed by atoms with Crippen molar-refractivity contribution in [2.45, 2.75) is 37.6 Å². The van der Waals surface area contributed by atoms with Crippen LogP contribution in [0.3, 0.4) is 0 Å². The fourth-order valence-electron chi connectivity index (χ4n) is 4.50. The lowest BCUT2D eigenvalue weighted by molar-refractivity contribution is -0.132. The van der Waals surface area contributed by atoms with Gasteiger partial charge in [-0.2, -0.15) is 0 Å². The van der Waals surface area contributed by atoms with Gasteiger partial charge in [0.15, 0.2) is 0 Å². The summed E-state index contributed by atoms with van der Waals surface area (Å²) in [6, 6.07) is 14.6. The Balaban J connectivity index is 1.46. The van der Waals surface area contributed by atoms with Crippen LogP contribution in [0.1, 0.15) is 37.2 Å². The van der Waals surface area contributed by atoms with Crippen LogP contribution in [0.25, 0.3) is 11.1 Å². The second kappa shape index (κ2) is 8.47. The molecule has 1 heterocycles. The molecule has 7 heteroatoms. The van der Waals surface area contributed by atoms with Crippen molar-refractivity contribution >= 4 is 15.9 Å². The Morgan fingerprint density at radius 1 is 1.10 bits per heavy atom. The summed E-state index contributed by atoms with van der Waals surface area (Å²) in [5.74, 6) is -0.291. The third-order valence-corrected chi connectivity index (χ3v) is 6.79. The molecule has 1 saturated heterocycles. The Kier molecular flexibility index (Phi) is 5.93. The van der Waals surface area contributed by atoms with Crippen molar-refractivity contribution in [2.75, 3.05) is 19.3 Å². The molecule has 1 N–H and O–H groups in total. The molecule has 30 heavy (non-hydrogen) atoms. The third kappa shape index (κ3) is 4.90. The molecule has 0 unspecified atom stereocenters. The Labute approximate surface area is 177 Å². The van der Waals surface area contributed by atoms with Gasteiger partial charge in [0.2, 0.25) is 15.9 Å². The van der Waals surface area contributed by atoms with Crippen molar-refractivity contribution in [2.24, 2.45) is 5.92 Å². The van der Waals surface area contributed by atoms with Gasteiger partial charge in [-0.3, -0.25) is 4.79 Å². The average Bonchev–Trinajstić information content (AvgIpc) is 3.51. The number of amides is 1. The van der Waals surface area contributed by atoms with E-state index >= 15 is 0 Å². The summed E-state index contributed by atoms with van der Waals surface area (Å²) in [5, 5.41) is 0. The minimum Gasteiger partial charge on any atom is -0.342 e. The second-order valence-electron chi connectivity index (χ2n) is 8.39. The van der Waals surface area contributed by atoms with Gasteiger partial charge in [-0.05, 0) is 60.4 Å². The predicted molar refractivity (Wildman–Crippen MR) is 115 cm³/mol. The highest BCUT2D eigenvalue weighted by atomic mass is 32.2. The number of nitrogens with zero attached hydrogens (tertiary/aromatic N) is 1. The minimum absolute atomic E-state index is 0.0246. The van der Waals surface area contributed by atoms with Gasteiger partial charge in [0.05, 0.1) is 6.26 Å². The SMILES string of the molecule is CS(=O)(=O)N[C@@H]1CCCN(C(=O)[C@@H]2C[C@H]2c2cc(F)ccc2-c2ccccc2)CC1. The second-order valence-corrected chi connectivity index (χ2v) is 10.2. The van der Waals surface area contributed by atoms with Crippen molar-refractivity contribution in [1.82, 2.24) is 9.62 Å². The smallest absolute Gasteiger partial charge is 0.226 e. The topological polar surface area (TPSA) is 66.5 Å². The maximum Gasteiger partial charge on any atom is 0.226 e. The molecule has 1 saturated carbocycles. The highest BCUT2D eigenvalue weighted by Gasteiger charge is 2.47. The van der Waals surface area contributed by atoms with E-state index in [0.717, 1.165) is 36.0 Å². The molecule has 4 rings (SSSR count). The first kappa shape index (κ1) is 21.0. The van der Waals surface area contributed by atoms with Crippen LogP contribution in [0, 0.1) is 11.7 Å². The van der Waals surface area contributed by atoms with Gasteiger partial charge in [-0.15, -0.1) is 0 Å². The maximum absolute atomic E-state index is 14.0. The normalized spacial score (nSPS) is 24.3. The van der Waals surface area contributed by atoms with Gasteiger partial charge in [0.25, 0.3) is 0 Å². The fourth-order valence-corrected chi connectivity index (χ4v) is 5.35. The van der Waals surface area contributed by atoms with Crippen molar-refractivity contribution in [1.29, 1.82) is 0 Å². The Morgan fingerprint density at radius 2 is 1.87 bits per heavy atom. The first-order chi connectivity index (χ1) is 14.3. The van der Waals surface area contributed by atoms with Crippen LogP contribution < -0.4 is 4.72 Å². The number of nitrogens with one attached hydrogen (secondary N) is 1. The number of likely N-dealkylation sites (tertiary alicyclic amines) is 1. The Hall–Kier alpha value is -2.25. The summed E-state index contributed by atoms with van der Waals surface area (Å²) in [6.45, 7) is 1.18. The van der Waals surface area contributed by atoms with E-state index in [1.54, 1.807) is 12.1 Å². The van der Waals surface area contributed by atoms with Crippen LogP contribution in [0.2, 0.25) is 0 Å². The molecule has 2 aromatic rings. The van der Waals surface area contributed by atoms with Crippen molar-refractivity contribution in [3.05, 3.63) is 59.9 Å². The molecule has 2 fully saturated rings. The van der Waals surface area contributed by atoms with E-state index in [2.05, 4.69) is 4.72 Å². The van der Waals surface area contributed by atoms with Crippen LogP contribution >= 0.6 is 0 Å². The molecule has 0 radical (unpaired) electrons. The lowest BCUT2D eigenvalue weighted by Crippen LogP contribution is -2.36. The first-order valence-electron chi connectivity index (χ1n) is 10.4. The summed E-state index contributed by atoms with van der Waals surface area (Å²) in [7, 11) is -3.25. The monoisotopic (exact) mass is 430 g/mol. The summed E-state index contributed by atoms with van der Waals surface area (Å²) in [5.41, 5.74) is 2.90. The molecule has 160 valence electrons. The number of hydrogen-bond donors (Lipinski definition) is 1. The molecule has 2 aromatic carbocycles. The molecule has 5 nitrogen and oxygen atoms in total. The molecular weight excluding hydrogens is 403 g/mol. The van der Waals surface area contributed by atoms with E-state index in [0.29, 0.717) is 19.5 Å². The summed E-state index contributed by atoms with van der Waals surface area (Å²) in [6.07, 6.45) is 4.01. The van der Waals surface area contributed by atoms with Crippen LogP contribution in [0.15, 0.2) is 48.5 Å². The van der Waals surface area contributed by atoms with Crippen molar-refractivity contribution in [3.8, 4) is 11.1 Å². The van der Waals surface area contributed by atoms with Gasteiger partial charge in [-0.25, -0.2) is 17.5 Å². The van der Waals surface area contributed by atoms with E-state index in [4.69, 9.17) is 0 Å². The van der Waals surface area contributed by atoms with Gasteiger partial charge >= 0.3 is 0 Å². The van der Waals surface area contributed by atoms with Gasteiger partial charge < -0.3 is 4.90 Å². The molecular formula is C23H27FN2O3S. The number of hydrogen-bond acceptors (Lipinski definition) is 3. The Bertz CT molecular complexity index is 1030. The number of carbonyl (C=O) groups excluding carboxylic acids is 1. The molecule has 0 aromatic heterocycles. The zero-order valence-electron chi connectivity index (χ0n) is 17.1. The van der Waals surface area contributed by atoms with Crippen LogP contribution in [-0.4, -0.2) is 44.6 Å².